The van der Waals surface area contributed by atoms with Crippen LogP contribution in [0.25, 0.3) is 10.6 Å². The van der Waals surface area contributed by atoms with Crippen LogP contribution in [-0.4, -0.2) is 4.98 Å². The van der Waals surface area contributed by atoms with E-state index >= 15 is 0 Å². The van der Waals surface area contributed by atoms with Crippen LogP contribution in [0.5, 0.6) is 0 Å². The first-order valence-corrected chi connectivity index (χ1v) is 7.99. The third-order valence-electron chi connectivity index (χ3n) is 3.02. The van der Waals surface area contributed by atoms with Crippen molar-refractivity contribution in [3.05, 3.63) is 40.4 Å². The van der Waals surface area contributed by atoms with E-state index in [4.69, 9.17) is 0 Å². The molecule has 0 atom stereocenters. The van der Waals surface area contributed by atoms with Crippen LogP contribution < -0.4 is 0 Å². The lowest BCUT2D eigenvalue weighted by molar-refractivity contribution is 0.590. The van der Waals surface area contributed by atoms with E-state index in [0.29, 0.717) is 0 Å². The van der Waals surface area contributed by atoms with Gasteiger partial charge in [-0.1, -0.05) is 61.0 Å². The first kappa shape index (κ1) is 13.8. The summed E-state index contributed by atoms with van der Waals surface area (Å²) in [6, 6.07) is 8.77. The van der Waals surface area contributed by atoms with E-state index in [0.717, 1.165) is 16.0 Å². The number of thiazole rings is 1. The molecule has 1 nitrogen and oxygen atoms in total. The normalized spacial score (nSPS) is 11.8. The fraction of sp³-hybridized carbons (Fsp3) is 0.400. The zero-order chi connectivity index (χ0) is 13.3. The summed E-state index contributed by atoms with van der Waals surface area (Å²) in [5.41, 5.74) is 3.93. The number of aryl methyl sites for hydroxylation is 1. The summed E-state index contributed by atoms with van der Waals surface area (Å²) in [5, 5.41) is 1.94. The van der Waals surface area contributed by atoms with E-state index < -0.39 is 0 Å². The SMILES string of the molecule is Cc1sc(-c2ccc(C(C)(C)C)cc2)nc1CBr. The lowest BCUT2D eigenvalue weighted by Gasteiger charge is -2.18. The second-order valence-corrected chi connectivity index (χ2v) is 7.25. The summed E-state index contributed by atoms with van der Waals surface area (Å²) in [7, 11) is 0. The number of alkyl halides is 1. The highest BCUT2D eigenvalue weighted by Gasteiger charge is 2.14. The van der Waals surface area contributed by atoms with Gasteiger partial charge in [0.25, 0.3) is 0 Å². The Kier molecular flexibility index (Phi) is 3.93. The van der Waals surface area contributed by atoms with Crippen LogP contribution in [0.2, 0.25) is 0 Å². The van der Waals surface area contributed by atoms with Gasteiger partial charge < -0.3 is 0 Å². The Hall–Kier alpha value is -0.670. The number of benzene rings is 1. The van der Waals surface area contributed by atoms with Crippen molar-refractivity contribution < 1.29 is 0 Å². The second-order valence-electron chi connectivity index (χ2n) is 5.48. The molecule has 0 fully saturated rings. The summed E-state index contributed by atoms with van der Waals surface area (Å²) >= 11 is 5.24. The molecule has 0 saturated carbocycles. The topological polar surface area (TPSA) is 12.9 Å². The molecule has 0 aliphatic rings. The Bertz CT molecular complexity index is 535. The largest absolute Gasteiger partial charge is 0.240 e. The first-order valence-electron chi connectivity index (χ1n) is 6.05. The Balaban J connectivity index is 2.34. The molecule has 0 amide bonds. The number of nitrogens with zero attached hydrogens (tertiary/aromatic N) is 1. The first-order chi connectivity index (χ1) is 8.41. The molecule has 2 aromatic rings. The van der Waals surface area contributed by atoms with Crippen molar-refractivity contribution in [1.82, 2.24) is 4.98 Å². The fourth-order valence-electron chi connectivity index (χ4n) is 1.79. The van der Waals surface area contributed by atoms with Gasteiger partial charge in [-0.15, -0.1) is 11.3 Å². The second kappa shape index (κ2) is 5.14. The number of hydrogen-bond donors (Lipinski definition) is 0. The summed E-state index contributed by atoms with van der Waals surface area (Å²) < 4.78 is 0. The molecule has 0 aliphatic carbocycles. The fourth-order valence-corrected chi connectivity index (χ4v) is 3.46. The van der Waals surface area contributed by atoms with Gasteiger partial charge in [-0.2, -0.15) is 0 Å². The van der Waals surface area contributed by atoms with Crippen LogP contribution in [0.3, 0.4) is 0 Å². The molecule has 3 heteroatoms. The maximum atomic E-state index is 4.66. The van der Waals surface area contributed by atoms with Crippen molar-refractivity contribution in [1.29, 1.82) is 0 Å². The Labute approximate surface area is 121 Å². The van der Waals surface area contributed by atoms with E-state index in [9.17, 15) is 0 Å². The van der Waals surface area contributed by atoms with Crippen LogP contribution in [0.1, 0.15) is 36.9 Å². The predicted molar refractivity (Wildman–Crippen MR) is 83.6 cm³/mol. The lowest BCUT2D eigenvalue weighted by Crippen LogP contribution is -2.10. The van der Waals surface area contributed by atoms with E-state index in [1.54, 1.807) is 11.3 Å². The van der Waals surface area contributed by atoms with Crippen LogP contribution in [-0.2, 0) is 10.7 Å². The summed E-state index contributed by atoms with van der Waals surface area (Å²) in [6.45, 7) is 8.83. The average molecular weight is 324 g/mol. The van der Waals surface area contributed by atoms with E-state index in [1.807, 2.05) is 0 Å². The monoisotopic (exact) mass is 323 g/mol. The van der Waals surface area contributed by atoms with Crippen LogP contribution in [0, 0.1) is 6.92 Å². The number of halogens is 1. The Morgan fingerprint density at radius 1 is 1.17 bits per heavy atom. The molecule has 2 rings (SSSR count). The van der Waals surface area contributed by atoms with E-state index in [2.05, 4.69) is 72.9 Å². The number of aromatic nitrogens is 1. The molecule has 0 radical (unpaired) electrons. The Morgan fingerprint density at radius 2 is 1.78 bits per heavy atom. The molecule has 96 valence electrons. The van der Waals surface area contributed by atoms with Crippen LogP contribution >= 0.6 is 27.3 Å². The molecular formula is C15H18BrNS. The molecule has 0 N–H and O–H groups in total. The van der Waals surface area contributed by atoms with Gasteiger partial charge in [0.05, 0.1) is 5.69 Å². The van der Waals surface area contributed by atoms with Crippen molar-refractivity contribution >= 4 is 27.3 Å². The van der Waals surface area contributed by atoms with Crippen molar-refractivity contribution in [2.24, 2.45) is 0 Å². The molecule has 18 heavy (non-hydrogen) atoms. The summed E-state index contributed by atoms with van der Waals surface area (Å²) in [5.74, 6) is 0. The molecule has 1 aromatic heterocycles. The molecule has 0 aliphatic heterocycles. The van der Waals surface area contributed by atoms with E-state index in [1.165, 1.54) is 16.0 Å². The van der Waals surface area contributed by atoms with Crippen molar-refractivity contribution in [3.8, 4) is 10.6 Å². The van der Waals surface area contributed by atoms with Crippen molar-refractivity contribution in [3.63, 3.8) is 0 Å². The molecule has 0 bridgehead atoms. The van der Waals surface area contributed by atoms with Gasteiger partial charge in [-0.25, -0.2) is 4.98 Å². The predicted octanol–water partition coefficient (Wildman–Crippen LogP) is 5.31. The van der Waals surface area contributed by atoms with Gasteiger partial charge in [0.2, 0.25) is 0 Å². The third kappa shape index (κ3) is 2.83. The molecule has 0 unspecified atom stereocenters. The maximum absolute atomic E-state index is 4.66. The molecule has 1 aromatic carbocycles. The molecule has 0 saturated heterocycles. The maximum Gasteiger partial charge on any atom is 0.123 e. The van der Waals surface area contributed by atoms with Crippen molar-refractivity contribution in [2.45, 2.75) is 38.4 Å². The van der Waals surface area contributed by atoms with Crippen LogP contribution in [0.15, 0.2) is 24.3 Å². The van der Waals surface area contributed by atoms with E-state index in [-0.39, 0.29) is 5.41 Å². The number of rotatable bonds is 2. The standard InChI is InChI=1S/C15H18BrNS/c1-10-13(9-16)17-14(18-10)11-5-7-12(8-6-11)15(2,3)4/h5-8H,9H2,1-4H3. The summed E-state index contributed by atoms with van der Waals surface area (Å²) in [4.78, 5) is 5.96. The van der Waals surface area contributed by atoms with Gasteiger partial charge >= 0.3 is 0 Å². The average Bonchev–Trinajstić information content (AvgIpc) is 2.69. The molecule has 1 heterocycles. The van der Waals surface area contributed by atoms with Gasteiger partial charge in [-0.3, -0.25) is 0 Å². The summed E-state index contributed by atoms with van der Waals surface area (Å²) in [6.07, 6.45) is 0. The number of hydrogen-bond acceptors (Lipinski definition) is 2. The van der Waals surface area contributed by atoms with Gasteiger partial charge in [0, 0.05) is 15.8 Å². The lowest BCUT2D eigenvalue weighted by atomic mass is 9.87. The van der Waals surface area contributed by atoms with Gasteiger partial charge in [-0.05, 0) is 17.9 Å². The highest BCUT2D eigenvalue weighted by molar-refractivity contribution is 9.08. The smallest absolute Gasteiger partial charge is 0.123 e. The highest BCUT2D eigenvalue weighted by atomic mass is 79.9. The minimum Gasteiger partial charge on any atom is -0.240 e. The zero-order valence-corrected chi connectivity index (χ0v) is 13.7. The highest BCUT2D eigenvalue weighted by Crippen LogP contribution is 2.30. The van der Waals surface area contributed by atoms with Crippen LogP contribution in [0.4, 0.5) is 0 Å². The quantitative estimate of drug-likeness (QED) is 0.682. The molecular weight excluding hydrogens is 306 g/mol. The molecule has 0 spiro atoms. The Morgan fingerprint density at radius 3 is 2.22 bits per heavy atom. The van der Waals surface area contributed by atoms with Crippen molar-refractivity contribution in [2.75, 3.05) is 0 Å². The third-order valence-corrected chi connectivity index (χ3v) is 4.61. The minimum absolute atomic E-state index is 0.207. The minimum atomic E-state index is 0.207. The zero-order valence-electron chi connectivity index (χ0n) is 11.2. The van der Waals surface area contributed by atoms with Gasteiger partial charge in [0.1, 0.15) is 5.01 Å². The van der Waals surface area contributed by atoms with Gasteiger partial charge in [0.15, 0.2) is 0 Å².